The lowest BCUT2D eigenvalue weighted by molar-refractivity contribution is 0.227. The van der Waals surface area contributed by atoms with Gasteiger partial charge in [0.15, 0.2) is 4.74 Å². The van der Waals surface area contributed by atoms with E-state index < -0.39 is 4.74 Å². The summed E-state index contributed by atoms with van der Waals surface area (Å²) in [6.07, 6.45) is 4.78. The summed E-state index contributed by atoms with van der Waals surface area (Å²) in [7, 11) is 0. The molecule has 0 bridgehead atoms. The zero-order chi connectivity index (χ0) is 18.0. The molecule has 2 unspecified atom stereocenters. The average molecular weight is 555 g/mol. The molecule has 3 aromatic rings. The maximum absolute atomic E-state index is 13.3. The van der Waals surface area contributed by atoms with Crippen molar-refractivity contribution in [1.82, 2.24) is 14.5 Å². The molecule has 1 aromatic carbocycles. The van der Waals surface area contributed by atoms with Gasteiger partial charge in [0.2, 0.25) is 0 Å². The van der Waals surface area contributed by atoms with Crippen LogP contribution in [0.2, 0.25) is 5.02 Å². The second kappa shape index (κ2) is 8.29. The maximum atomic E-state index is 13.3. The largest absolute Gasteiger partial charge is 0.486 e. The number of rotatable bonds is 5. The minimum atomic E-state index is -0.473. The second-order valence-electron chi connectivity index (χ2n) is 5.15. The number of aromatic nitrogens is 3. The lowest BCUT2D eigenvalue weighted by Gasteiger charge is -2.16. The van der Waals surface area contributed by atoms with E-state index in [2.05, 4.69) is 48.1 Å². The Balaban J connectivity index is 1.98. The molecule has 2 aromatic heterocycles. The summed E-state index contributed by atoms with van der Waals surface area (Å²) in [5.41, 5.74) is 2.33. The molecule has 0 saturated carbocycles. The van der Waals surface area contributed by atoms with Gasteiger partial charge in [0, 0.05) is 29.4 Å². The molecule has 0 radical (unpaired) electrons. The van der Waals surface area contributed by atoms with Gasteiger partial charge >= 0.3 is 0 Å². The van der Waals surface area contributed by atoms with Crippen molar-refractivity contribution in [2.45, 2.75) is 13.0 Å². The molecule has 130 valence electrons. The van der Waals surface area contributed by atoms with Crippen LogP contribution in [-0.4, -0.2) is 14.5 Å². The van der Waals surface area contributed by atoms with Crippen molar-refractivity contribution in [2.24, 2.45) is 0 Å². The fourth-order valence-corrected chi connectivity index (χ4v) is 4.48. The van der Waals surface area contributed by atoms with Gasteiger partial charge in [-0.1, -0.05) is 11.6 Å². The van der Waals surface area contributed by atoms with E-state index in [1.807, 2.05) is 35.6 Å². The van der Waals surface area contributed by atoms with Crippen molar-refractivity contribution in [3.63, 3.8) is 0 Å². The van der Waals surface area contributed by atoms with Crippen LogP contribution in [0.3, 0.4) is 0 Å². The Morgan fingerprint density at radius 1 is 1.48 bits per heavy atom. The van der Waals surface area contributed by atoms with E-state index in [1.165, 1.54) is 6.08 Å². The Hall–Kier alpha value is -0.760. The molecule has 0 aliphatic heterocycles. The summed E-state index contributed by atoms with van der Waals surface area (Å²) in [5, 5.41) is 5.81. The number of halogens is 4. The van der Waals surface area contributed by atoms with Crippen LogP contribution in [0.15, 0.2) is 41.4 Å². The highest BCUT2D eigenvalue weighted by atomic mass is 127. The predicted molar refractivity (Wildman–Crippen MR) is 114 cm³/mol. The third-order valence-corrected chi connectivity index (χ3v) is 5.98. The first-order valence-electron chi connectivity index (χ1n) is 7.18. The number of hydrogen-bond acceptors (Lipinski definition) is 3. The zero-order valence-corrected chi connectivity index (χ0v) is 18.4. The SMILES string of the molecule is CC(Oc1ccc2c(c1)c(/C=C(/F)Br)nn2PI)c1ccncc1Cl. The molecule has 3 rings (SSSR count). The van der Waals surface area contributed by atoms with Crippen LogP contribution in [0, 0.1) is 0 Å². The molecule has 0 N–H and O–H groups in total. The van der Waals surface area contributed by atoms with E-state index in [4.69, 9.17) is 16.3 Å². The van der Waals surface area contributed by atoms with Crippen molar-refractivity contribution >= 4 is 72.9 Å². The predicted octanol–water partition coefficient (Wildman–Crippen LogP) is 6.68. The van der Waals surface area contributed by atoms with Gasteiger partial charge in [-0.2, -0.15) is 9.49 Å². The van der Waals surface area contributed by atoms with Crippen LogP contribution in [0.1, 0.15) is 24.3 Å². The first-order chi connectivity index (χ1) is 12.0. The minimum Gasteiger partial charge on any atom is -0.486 e. The van der Waals surface area contributed by atoms with Crippen LogP contribution < -0.4 is 4.74 Å². The van der Waals surface area contributed by atoms with E-state index >= 15 is 0 Å². The van der Waals surface area contributed by atoms with Crippen LogP contribution in [-0.2, 0) is 0 Å². The Morgan fingerprint density at radius 3 is 2.96 bits per heavy atom. The highest BCUT2D eigenvalue weighted by molar-refractivity contribution is 14.2. The summed E-state index contributed by atoms with van der Waals surface area (Å²) in [6, 6.07) is 7.49. The van der Waals surface area contributed by atoms with Gasteiger partial charge < -0.3 is 4.74 Å². The topological polar surface area (TPSA) is 39.9 Å². The van der Waals surface area contributed by atoms with Crippen LogP contribution in [0.4, 0.5) is 4.39 Å². The molecule has 0 aliphatic rings. The molecular formula is C16H12BrClFIN3OP. The highest BCUT2D eigenvalue weighted by Crippen LogP contribution is 2.35. The van der Waals surface area contributed by atoms with Gasteiger partial charge in [-0.05, 0) is 69.2 Å². The molecule has 4 nitrogen and oxygen atoms in total. The lowest BCUT2D eigenvalue weighted by Crippen LogP contribution is -2.04. The molecule has 2 atom stereocenters. The summed E-state index contributed by atoms with van der Waals surface area (Å²) in [5.74, 6) is 0.661. The standard InChI is InChI=1S/C16H12BrClFIN3OP/c1-9(11-4-5-21-8-13(11)18)24-10-2-3-15-12(6-10)14(7-16(17)19)22-23(15)25-20/h2-9,25H,1H3/b16-7+. The van der Waals surface area contributed by atoms with Gasteiger partial charge in [0.05, 0.1) is 22.6 Å². The number of benzene rings is 1. The van der Waals surface area contributed by atoms with Crippen molar-refractivity contribution in [3.8, 4) is 5.75 Å². The molecule has 2 heterocycles. The average Bonchev–Trinajstić information content (AvgIpc) is 2.92. The number of ether oxygens (including phenoxy) is 1. The Bertz CT molecular complexity index is 948. The van der Waals surface area contributed by atoms with E-state index in [-0.39, 0.29) is 6.10 Å². The summed E-state index contributed by atoms with van der Waals surface area (Å²) < 4.78 is 20.7. The second-order valence-corrected chi connectivity index (χ2v) is 8.36. The van der Waals surface area contributed by atoms with E-state index in [1.54, 1.807) is 12.4 Å². The van der Waals surface area contributed by atoms with Gasteiger partial charge in [-0.3, -0.25) is 4.98 Å². The van der Waals surface area contributed by atoms with Crippen LogP contribution in [0.5, 0.6) is 5.75 Å². The monoisotopic (exact) mass is 553 g/mol. The van der Waals surface area contributed by atoms with Crippen molar-refractivity contribution < 1.29 is 9.13 Å². The molecule has 0 saturated heterocycles. The number of pyridine rings is 1. The van der Waals surface area contributed by atoms with Crippen LogP contribution >= 0.6 is 55.9 Å². The van der Waals surface area contributed by atoms with Gasteiger partial charge in [0.1, 0.15) is 11.9 Å². The fourth-order valence-electron chi connectivity index (χ4n) is 2.45. The van der Waals surface area contributed by atoms with E-state index in [0.29, 0.717) is 22.8 Å². The van der Waals surface area contributed by atoms with Crippen molar-refractivity contribution in [2.75, 3.05) is 0 Å². The van der Waals surface area contributed by atoms with Gasteiger partial charge in [-0.15, -0.1) is 0 Å². The molecular weight excluding hydrogens is 542 g/mol. The Labute approximate surface area is 172 Å². The zero-order valence-electron chi connectivity index (χ0n) is 12.9. The first-order valence-corrected chi connectivity index (χ1v) is 12.4. The Kier molecular flexibility index (Phi) is 6.30. The normalized spacial score (nSPS) is 13.7. The number of fused-ring (bicyclic) bond motifs is 1. The van der Waals surface area contributed by atoms with Crippen molar-refractivity contribution in [1.29, 1.82) is 0 Å². The van der Waals surface area contributed by atoms with Crippen LogP contribution in [0.25, 0.3) is 17.0 Å². The molecule has 25 heavy (non-hydrogen) atoms. The third-order valence-electron chi connectivity index (χ3n) is 3.56. The smallest absolute Gasteiger partial charge is 0.167 e. The van der Waals surface area contributed by atoms with Gasteiger partial charge in [-0.25, -0.2) is 4.45 Å². The summed E-state index contributed by atoms with van der Waals surface area (Å²) >= 11 is 11.2. The quantitative estimate of drug-likeness (QED) is 0.261. The lowest BCUT2D eigenvalue weighted by atomic mass is 10.1. The first kappa shape index (κ1) is 19.0. The molecule has 0 amide bonds. The summed E-state index contributed by atoms with van der Waals surface area (Å²) in [4.78, 5) is 3.98. The van der Waals surface area contributed by atoms with E-state index in [9.17, 15) is 4.39 Å². The highest BCUT2D eigenvalue weighted by Gasteiger charge is 2.14. The number of hydrogen-bond donors (Lipinski definition) is 0. The summed E-state index contributed by atoms with van der Waals surface area (Å²) in [6.45, 7) is 1.92. The third kappa shape index (κ3) is 4.32. The van der Waals surface area contributed by atoms with Crippen molar-refractivity contribution in [3.05, 3.63) is 57.7 Å². The Morgan fingerprint density at radius 2 is 2.28 bits per heavy atom. The molecule has 0 spiro atoms. The minimum absolute atomic E-state index is 0.249. The maximum Gasteiger partial charge on any atom is 0.167 e. The molecule has 0 fully saturated rings. The number of nitrogens with zero attached hydrogens (tertiary/aromatic N) is 3. The fraction of sp³-hybridized carbons (Fsp3) is 0.125. The molecule has 0 aliphatic carbocycles. The van der Waals surface area contributed by atoms with E-state index in [0.717, 1.165) is 16.5 Å². The molecule has 9 heteroatoms. The van der Waals surface area contributed by atoms with Gasteiger partial charge in [0.25, 0.3) is 0 Å².